The van der Waals surface area contributed by atoms with Crippen molar-refractivity contribution in [3.05, 3.63) is 17.7 Å². The lowest BCUT2D eigenvalue weighted by Gasteiger charge is -2.21. The summed E-state index contributed by atoms with van der Waals surface area (Å²) in [6.07, 6.45) is 0. The second-order valence-electron chi connectivity index (χ2n) is 3.26. The van der Waals surface area contributed by atoms with Crippen LogP contribution in [0.5, 0.6) is 11.5 Å². The van der Waals surface area contributed by atoms with Gasteiger partial charge in [-0.1, -0.05) is 0 Å². The summed E-state index contributed by atoms with van der Waals surface area (Å²) < 4.78 is 10.6. The first kappa shape index (κ1) is 12.0. The monoisotopic (exact) mass is 229 g/mol. The molecule has 1 rings (SSSR count). The smallest absolute Gasteiger partial charge is 0.148 e. The van der Waals surface area contributed by atoms with E-state index in [0.29, 0.717) is 6.00 Å². The van der Waals surface area contributed by atoms with Gasteiger partial charge in [0.15, 0.2) is 0 Å². The summed E-state index contributed by atoms with van der Waals surface area (Å²) in [7, 11) is 5.21. The van der Waals surface area contributed by atoms with Crippen LogP contribution < -0.4 is 14.4 Å². The van der Waals surface area contributed by atoms with Crippen LogP contribution in [-0.2, 0) is 0 Å². The van der Waals surface area contributed by atoms with Gasteiger partial charge in [0.25, 0.3) is 0 Å². The third kappa shape index (κ3) is 2.29. The van der Waals surface area contributed by atoms with E-state index in [1.54, 1.807) is 14.2 Å². The first-order valence-corrected chi connectivity index (χ1v) is 5.17. The molecule has 0 aliphatic carbocycles. The highest BCUT2D eigenvalue weighted by molar-refractivity contribution is 6.19. The van der Waals surface area contributed by atoms with Gasteiger partial charge in [0.1, 0.15) is 11.5 Å². The Morgan fingerprint density at radius 3 is 2.40 bits per heavy atom. The van der Waals surface area contributed by atoms with Crippen LogP contribution in [0.25, 0.3) is 0 Å². The van der Waals surface area contributed by atoms with Crippen LogP contribution >= 0.6 is 11.6 Å². The molecule has 0 fully saturated rings. The van der Waals surface area contributed by atoms with Gasteiger partial charge in [-0.3, -0.25) is 0 Å². The predicted molar refractivity (Wildman–Crippen MR) is 63.4 cm³/mol. The van der Waals surface area contributed by atoms with Crippen LogP contribution in [0.3, 0.4) is 0 Å². The topological polar surface area (TPSA) is 21.7 Å². The molecule has 0 unspecified atom stereocenters. The van der Waals surface area contributed by atoms with Crippen molar-refractivity contribution in [3.63, 3.8) is 0 Å². The van der Waals surface area contributed by atoms with Crippen LogP contribution in [0.2, 0.25) is 0 Å². The maximum absolute atomic E-state index is 5.78. The minimum absolute atomic E-state index is 0.419. The van der Waals surface area contributed by atoms with Crippen molar-refractivity contribution in [1.29, 1.82) is 0 Å². The zero-order valence-corrected chi connectivity index (χ0v) is 10.3. The predicted octanol–water partition coefficient (Wildman–Crippen LogP) is 2.64. The van der Waals surface area contributed by atoms with Crippen molar-refractivity contribution in [2.45, 2.75) is 6.92 Å². The Labute approximate surface area is 95.5 Å². The fourth-order valence-corrected chi connectivity index (χ4v) is 1.63. The number of alkyl halides is 1. The molecule has 0 amide bonds. The van der Waals surface area contributed by atoms with Gasteiger partial charge in [-0.05, 0) is 19.1 Å². The van der Waals surface area contributed by atoms with Crippen LogP contribution in [0.15, 0.2) is 12.1 Å². The Hall–Kier alpha value is -1.09. The average molecular weight is 230 g/mol. The van der Waals surface area contributed by atoms with E-state index in [1.807, 2.05) is 31.0 Å². The standard InChI is InChI=1S/C11H16ClNO2/c1-8-10(14-3)6-5-9(11(8)15-4)13(2)7-12/h5-6H,7H2,1-4H3. The molecule has 0 spiro atoms. The number of rotatable bonds is 4. The molecular formula is C11H16ClNO2. The number of anilines is 1. The van der Waals surface area contributed by atoms with Gasteiger partial charge in [0.2, 0.25) is 0 Å². The van der Waals surface area contributed by atoms with Crippen molar-refractivity contribution in [2.24, 2.45) is 0 Å². The lowest BCUT2D eigenvalue weighted by molar-refractivity contribution is 0.389. The summed E-state index contributed by atoms with van der Waals surface area (Å²) in [4.78, 5) is 1.91. The Balaban J connectivity index is 3.24. The fourth-order valence-electron chi connectivity index (χ4n) is 1.50. The van der Waals surface area contributed by atoms with Gasteiger partial charge >= 0.3 is 0 Å². The highest BCUT2D eigenvalue weighted by atomic mass is 35.5. The fraction of sp³-hybridized carbons (Fsp3) is 0.455. The molecule has 0 heterocycles. The Bertz CT molecular complexity index is 342. The quantitative estimate of drug-likeness (QED) is 0.585. The molecule has 0 saturated carbocycles. The van der Waals surface area contributed by atoms with Crippen molar-refractivity contribution >= 4 is 17.3 Å². The maximum Gasteiger partial charge on any atom is 0.148 e. The van der Waals surface area contributed by atoms with E-state index in [4.69, 9.17) is 21.1 Å². The van der Waals surface area contributed by atoms with Gasteiger partial charge in [-0.2, -0.15) is 0 Å². The molecule has 0 aromatic heterocycles. The van der Waals surface area contributed by atoms with Gasteiger partial charge in [-0.25, -0.2) is 0 Å². The van der Waals surface area contributed by atoms with E-state index < -0.39 is 0 Å². The first-order chi connectivity index (χ1) is 7.15. The number of nitrogens with zero attached hydrogens (tertiary/aromatic N) is 1. The van der Waals surface area contributed by atoms with Crippen molar-refractivity contribution in [1.82, 2.24) is 0 Å². The molecule has 0 radical (unpaired) electrons. The number of hydrogen-bond donors (Lipinski definition) is 0. The summed E-state index contributed by atoms with van der Waals surface area (Å²) >= 11 is 5.78. The van der Waals surface area contributed by atoms with E-state index in [9.17, 15) is 0 Å². The number of halogens is 1. The zero-order chi connectivity index (χ0) is 11.4. The first-order valence-electron chi connectivity index (χ1n) is 4.64. The van der Waals surface area contributed by atoms with Crippen LogP contribution in [0.4, 0.5) is 5.69 Å². The molecule has 84 valence electrons. The molecule has 0 N–H and O–H groups in total. The molecule has 0 saturated heterocycles. The molecule has 0 atom stereocenters. The molecule has 15 heavy (non-hydrogen) atoms. The molecule has 3 nitrogen and oxygen atoms in total. The van der Waals surface area contributed by atoms with Crippen molar-refractivity contribution in [2.75, 3.05) is 32.2 Å². The van der Waals surface area contributed by atoms with E-state index in [0.717, 1.165) is 22.7 Å². The lowest BCUT2D eigenvalue weighted by Crippen LogP contribution is -2.15. The second kappa shape index (κ2) is 5.12. The minimum Gasteiger partial charge on any atom is -0.496 e. The number of methoxy groups -OCH3 is 2. The molecule has 1 aromatic carbocycles. The highest BCUT2D eigenvalue weighted by Crippen LogP contribution is 2.36. The SMILES string of the molecule is COc1ccc(N(C)CCl)c(OC)c1C. The van der Waals surface area contributed by atoms with Crippen LogP contribution in [0, 0.1) is 6.92 Å². The molecule has 0 aliphatic rings. The number of benzene rings is 1. The summed E-state index contributed by atoms with van der Waals surface area (Å²) in [6.45, 7) is 1.96. The average Bonchev–Trinajstić information content (AvgIpc) is 2.27. The molecule has 4 heteroatoms. The Morgan fingerprint density at radius 2 is 1.93 bits per heavy atom. The van der Waals surface area contributed by atoms with E-state index in [2.05, 4.69) is 0 Å². The van der Waals surface area contributed by atoms with Crippen molar-refractivity contribution < 1.29 is 9.47 Å². The van der Waals surface area contributed by atoms with Gasteiger partial charge in [-0.15, -0.1) is 11.6 Å². The number of ether oxygens (including phenoxy) is 2. The third-order valence-electron chi connectivity index (χ3n) is 2.35. The summed E-state index contributed by atoms with van der Waals surface area (Å²) in [5.74, 6) is 1.62. The number of hydrogen-bond acceptors (Lipinski definition) is 3. The third-order valence-corrected chi connectivity index (χ3v) is 2.71. The summed E-state index contributed by atoms with van der Waals surface area (Å²) in [5, 5.41) is 0. The van der Waals surface area contributed by atoms with Gasteiger partial charge in [0.05, 0.1) is 25.9 Å². The summed E-state index contributed by atoms with van der Waals surface area (Å²) in [5.41, 5.74) is 1.94. The van der Waals surface area contributed by atoms with Crippen LogP contribution in [0.1, 0.15) is 5.56 Å². The van der Waals surface area contributed by atoms with E-state index >= 15 is 0 Å². The maximum atomic E-state index is 5.78. The van der Waals surface area contributed by atoms with E-state index in [-0.39, 0.29) is 0 Å². The van der Waals surface area contributed by atoms with Crippen molar-refractivity contribution in [3.8, 4) is 11.5 Å². The normalized spacial score (nSPS) is 9.93. The molecular weight excluding hydrogens is 214 g/mol. The zero-order valence-electron chi connectivity index (χ0n) is 9.50. The van der Waals surface area contributed by atoms with Gasteiger partial charge in [0, 0.05) is 12.6 Å². The lowest BCUT2D eigenvalue weighted by atomic mass is 10.1. The molecule has 1 aromatic rings. The van der Waals surface area contributed by atoms with E-state index in [1.165, 1.54) is 0 Å². The summed E-state index contributed by atoms with van der Waals surface area (Å²) in [6, 6.07) is 4.27. The van der Waals surface area contributed by atoms with Gasteiger partial charge < -0.3 is 14.4 Å². The largest absolute Gasteiger partial charge is 0.496 e. The highest BCUT2D eigenvalue weighted by Gasteiger charge is 2.13. The second-order valence-corrected chi connectivity index (χ2v) is 3.50. The Morgan fingerprint density at radius 1 is 1.27 bits per heavy atom. The minimum atomic E-state index is 0.419. The Kier molecular flexibility index (Phi) is 4.09. The van der Waals surface area contributed by atoms with Crippen LogP contribution in [-0.4, -0.2) is 27.3 Å². The molecule has 0 aliphatic heterocycles. The molecule has 0 bridgehead atoms.